The highest BCUT2D eigenvalue weighted by atomic mass is 127. The first-order valence-corrected chi connectivity index (χ1v) is 4.30. The average Bonchev–Trinajstić information content (AvgIpc) is 1.97. The summed E-state index contributed by atoms with van der Waals surface area (Å²) in [6, 6.07) is 2.58. The predicted molar refractivity (Wildman–Crippen MR) is 50.8 cm³/mol. The normalized spacial score (nSPS) is 9.92. The number of hydrogen-bond acceptors (Lipinski definition) is 2. The Balaban J connectivity index is 3.43. The van der Waals surface area contributed by atoms with Crippen molar-refractivity contribution in [2.75, 3.05) is 0 Å². The van der Waals surface area contributed by atoms with Crippen LogP contribution in [0.4, 0.5) is 4.39 Å². The van der Waals surface area contributed by atoms with Gasteiger partial charge in [-0.25, -0.2) is 4.39 Å². The quantitative estimate of drug-likeness (QED) is 0.633. The number of phenolic OH excluding ortho intramolecular Hbond substituents is 1. The largest absolute Gasteiger partial charge is 0.504 e. The number of hydrogen-bond donors (Lipinski definition) is 1. The summed E-state index contributed by atoms with van der Waals surface area (Å²) in [5, 5.41) is 9.15. The molecule has 1 aromatic rings. The number of ketones is 1. The van der Waals surface area contributed by atoms with Crippen molar-refractivity contribution < 1.29 is 14.3 Å². The van der Waals surface area contributed by atoms with E-state index < -0.39 is 11.6 Å². The fraction of sp³-hybridized carbons (Fsp3) is 0.125. The van der Waals surface area contributed by atoms with E-state index in [2.05, 4.69) is 0 Å². The molecule has 0 spiro atoms. The summed E-state index contributed by atoms with van der Waals surface area (Å²) in [7, 11) is 0. The summed E-state index contributed by atoms with van der Waals surface area (Å²) >= 11 is 1.87. The molecular weight excluding hydrogens is 274 g/mol. The van der Waals surface area contributed by atoms with Crippen molar-refractivity contribution in [2.24, 2.45) is 0 Å². The van der Waals surface area contributed by atoms with E-state index in [4.69, 9.17) is 5.11 Å². The zero-order chi connectivity index (χ0) is 9.30. The Labute approximate surface area is 82.5 Å². The molecule has 0 saturated heterocycles. The summed E-state index contributed by atoms with van der Waals surface area (Å²) in [4.78, 5) is 10.9. The van der Waals surface area contributed by atoms with Crippen LogP contribution < -0.4 is 0 Å². The van der Waals surface area contributed by atoms with E-state index >= 15 is 0 Å². The maximum atomic E-state index is 12.7. The van der Waals surface area contributed by atoms with Gasteiger partial charge in [-0.2, -0.15) is 0 Å². The van der Waals surface area contributed by atoms with Crippen LogP contribution in [0.25, 0.3) is 0 Å². The number of benzene rings is 1. The van der Waals surface area contributed by atoms with E-state index in [9.17, 15) is 9.18 Å². The van der Waals surface area contributed by atoms with Crippen molar-refractivity contribution in [1.29, 1.82) is 0 Å². The van der Waals surface area contributed by atoms with Crippen LogP contribution in [0.5, 0.6) is 5.75 Å². The molecule has 1 rings (SSSR count). The van der Waals surface area contributed by atoms with Crippen molar-refractivity contribution in [3.63, 3.8) is 0 Å². The van der Waals surface area contributed by atoms with Gasteiger partial charge in [0.05, 0.1) is 5.56 Å². The van der Waals surface area contributed by atoms with Crippen LogP contribution in [0.3, 0.4) is 0 Å². The van der Waals surface area contributed by atoms with Gasteiger partial charge in [0, 0.05) is 3.57 Å². The van der Waals surface area contributed by atoms with Gasteiger partial charge >= 0.3 is 0 Å². The van der Waals surface area contributed by atoms with Gasteiger partial charge in [0.1, 0.15) is 0 Å². The topological polar surface area (TPSA) is 37.3 Å². The molecule has 0 unspecified atom stereocenters. The summed E-state index contributed by atoms with van der Waals surface area (Å²) in [5.41, 5.74) is 0.0515. The van der Waals surface area contributed by atoms with Crippen LogP contribution in [0.2, 0.25) is 0 Å². The average molecular weight is 280 g/mol. The van der Waals surface area contributed by atoms with Crippen LogP contribution >= 0.6 is 22.6 Å². The molecule has 2 nitrogen and oxygen atoms in total. The summed E-state index contributed by atoms with van der Waals surface area (Å²) in [5.74, 6) is -1.66. The molecule has 0 heterocycles. The van der Waals surface area contributed by atoms with E-state index in [0.29, 0.717) is 3.57 Å². The van der Waals surface area contributed by atoms with E-state index in [0.717, 1.165) is 6.07 Å². The minimum atomic E-state index is -0.763. The highest BCUT2D eigenvalue weighted by Gasteiger charge is 2.14. The Kier molecular flexibility index (Phi) is 2.66. The lowest BCUT2D eigenvalue weighted by molar-refractivity contribution is 0.101. The Morgan fingerprint density at radius 1 is 1.58 bits per heavy atom. The monoisotopic (exact) mass is 280 g/mol. The third kappa shape index (κ3) is 1.57. The second-order valence-corrected chi connectivity index (χ2v) is 3.47. The summed E-state index contributed by atoms with van der Waals surface area (Å²) < 4.78 is 13.3. The van der Waals surface area contributed by atoms with E-state index in [1.807, 2.05) is 22.6 Å². The molecule has 0 amide bonds. The lowest BCUT2D eigenvalue weighted by Gasteiger charge is -2.03. The Bertz CT molecular complexity index is 336. The van der Waals surface area contributed by atoms with Gasteiger partial charge in [0.15, 0.2) is 17.3 Å². The van der Waals surface area contributed by atoms with Crippen LogP contribution in [-0.2, 0) is 0 Å². The van der Waals surface area contributed by atoms with Crippen LogP contribution in [0, 0.1) is 9.39 Å². The fourth-order valence-corrected chi connectivity index (χ4v) is 1.69. The van der Waals surface area contributed by atoms with Gasteiger partial charge in [-0.05, 0) is 41.6 Å². The van der Waals surface area contributed by atoms with Crippen molar-refractivity contribution in [2.45, 2.75) is 6.92 Å². The Hall–Kier alpha value is -0.650. The van der Waals surface area contributed by atoms with Gasteiger partial charge < -0.3 is 5.11 Å². The number of rotatable bonds is 1. The molecule has 0 saturated carbocycles. The molecule has 0 radical (unpaired) electrons. The number of halogens is 2. The SMILES string of the molecule is CC(=O)c1c(I)ccc(F)c1O. The van der Waals surface area contributed by atoms with Gasteiger partial charge in [-0.15, -0.1) is 0 Å². The third-order valence-corrected chi connectivity index (χ3v) is 2.33. The number of carbonyl (C=O) groups is 1. The maximum absolute atomic E-state index is 12.7. The van der Waals surface area contributed by atoms with Crippen molar-refractivity contribution in [1.82, 2.24) is 0 Å². The molecule has 1 N–H and O–H groups in total. The first kappa shape index (κ1) is 9.44. The standard InChI is InChI=1S/C8H6FIO2/c1-4(11)7-6(10)3-2-5(9)8(7)12/h2-3,12H,1H3. The first-order chi connectivity index (χ1) is 5.54. The van der Waals surface area contributed by atoms with Crippen molar-refractivity contribution in [3.05, 3.63) is 27.1 Å². The fourth-order valence-electron chi connectivity index (χ4n) is 0.876. The van der Waals surface area contributed by atoms with Crippen molar-refractivity contribution >= 4 is 28.4 Å². The number of carbonyl (C=O) groups excluding carboxylic acids is 1. The number of aromatic hydroxyl groups is 1. The lowest BCUT2D eigenvalue weighted by Crippen LogP contribution is -1.98. The molecule has 0 aliphatic rings. The van der Waals surface area contributed by atoms with Gasteiger partial charge in [-0.3, -0.25) is 4.79 Å². The Morgan fingerprint density at radius 2 is 2.17 bits per heavy atom. The first-order valence-electron chi connectivity index (χ1n) is 3.22. The zero-order valence-electron chi connectivity index (χ0n) is 6.27. The van der Waals surface area contributed by atoms with Crippen molar-refractivity contribution in [3.8, 4) is 5.75 Å². The third-order valence-electron chi connectivity index (χ3n) is 1.43. The van der Waals surface area contributed by atoms with Gasteiger partial charge in [-0.1, -0.05) is 0 Å². The minimum Gasteiger partial charge on any atom is -0.504 e. The second-order valence-electron chi connectivity index (χ2n) is 2.31. The second kappa shape index (κ2) is 3.38. The highest BCUT2D eigenvalue weighted by molar-refractivity contribution is 14.1. The molecule has 12 heavy (non-hydrogen) atoms. The Morgan fingerprint density at radius 3 is 2.58 bits per heavy atom. The van der Waals surface area contributed by atoms with Crippen LogP contribution in [0.1, 0.15) is 17.3 Å². The van der Waals surface area contributed by atoms with E-state index in [-0.39, 0.29) is 11.3 Å². The predicted octanol–water partition coefficient (Wildman–Crippen LogP) is 2.34. The summed E-state index contributed by atoms with van der Waals surface area (Å²) in [6.07, 6.45) is 0. The van der Waals surface area contributed by atoms with Gasteiger partial charge in [0.2, 0.25) is 0 Å². The highest BCUT2D eigenvalue weighted by Crippen LogP contribution is 2.26. The number of Topliss-reactive ketones (excluding diaryl/α,β-unsaturated/α-hetero) is 1. The van der Waals surface area contributed by atoms with E-state index in [1.165, 1.54) is 13.0 Å². The van der Waals surface area contributed by atoms with Crippen LogP contribution in [0.15, 0.2) is 12.1 Å². The molecule has 1 aromatic carbocycles. The lowest BCUT2D eigenvalue weighted by atomic mass is 10.1. The zero-order valence-corrected chi connectivity index (χ0v) is 8.42. The molecule has 0 aliphatic heterocycles. The molecule has 0 atom stereocenters. The van der Waals surface area contributed by atoms with Crippen LogP contribution in [-0.4, -0.2) is 10.9 Å². The minimum absolute atomic E-state index is 0.0515. The molecule has 0 aliphatic carbocycles. The van der Waals surface area contributed by atoms with Gasteiger partial charge in [0.25, 0.3) is 0 Å². The molecule has 4 heteroatoms. The molecule has 0 fully saturated rings. The molecule has 0 bridgehead atoms. The maximum Gasteiger partial charge on any atom is 0.165 e. The van der Waals surface area contributed by atoms with E-state index in [1.54, 1.807) is 0 Å². The smallest absolute Gasteiger partial charge is 0.165 e. The molecular formula is C8H6FIO2. The summed E-state index contributed by atoms with van der Waals surface area (Å²) in [6.45, 7) is 1.29. The number of phenols is 1. The molecule has 64 valence electrons. The molecule has 0 aromatic heterocycles.